The van der Waals surface area contributed by atoms with Crippen LogP contribution in [-0.2, 0) is 17.4 Å². The predicted molar refractivity (Wildman–Crippen MR) is 51.9 cm³/mol. The van der Waals surface area contributed by atoms with Crippen LogP contribution in [0.3, 0.4) is 0 Å². The Hall–Kier alpha value is -1.78. The van der Waals surface area contributed by atoms with Crippen LogP contribution in [0.4, 0.5) is 13.2 Å². The second kappa shape index (κ2) is 4.83. The number of benzene rings is 1. The van der Waals surface area contributed by atoms with Gasteiger partial charge in [-0.15, -0.1) is 0 Å². The SMILES string of the molecule is O=C(O)/C=C/Cc1ccccc1C(F)(F)F. The summed E-state index contributed by atoms with van der Waals surface area (Å²) < 4.78 is 37.5. The summed E-state index contributed by atoms with van der Waals surface area (Å²) >= 11 is 0. The number of hydrogen-bond donors (Lipinski definition) is 1. The third-order valence-corrected chi connectivity index (χ3v) is 1.92. The Balaban J connectivity index is 2.92. The zero-order chi connectivity index (χ0) is 12.2. The van der Waals surface area contributed by atoms with Gasteiger partial charge in [-0.3, -0.25) is 0 Å². The summed E-state index contributed by atoms with van der Waals surface area (Å²) in [7, 11) is 0. The second-order valence-corrected chi connectivity index (χ2v) is 3.10. The van der Waals surface area contributed by atoms with Crippen molar-refractivity contribution in [3.8, 4) is 0 Å². The highest BCUT2D eigenvalue weighted by molar-refractivity contribution is 5.79. The highest BCUT2D eigenvalue weighted by Gasteiger charge is 2.32. The number of carboxylic acids is 1. The van der Waals surface area contributed by atoms with Crippen LogP contribution in [0.15, 0.2) is 36.4 Å². The van der Waals surface area contributed by atoms with Crippen molar-refractivity contribution in [2.24, 2.45) is 0 Å². The van der Waals surface area contributed by atoms with Gasteiger partial charge in [-0.25, -0.2) is 4.79 Å². The molecule has 0 atom stereocenters. The Morgan fingerprint density at radius 3 is 2.50 bits per heavy atom. The Labute approximate surface area is 90.0 Å². The van der Waals surface area contributed by atoms with Crippen molar-refractivity contribution in [2.45, 2.75) is 12.6 Å². The quantitative estimate of drug-likeness (QED) is 0.810. The van der Waals surface area contributed by atoms with Gasteiger partial charge in [0.1, 0.15) is 0 Å². The van der Waals surface area contributed by atoms with E-state index in [0.29, 0.717) is 0 Å². The zero-order valence-electron chi connectivity index (χ0n) is 8.16. The van der Waals surface area contributed by atoms with Crippen molar-refractivity contribution in [1.29, 1.82) is 0 Å². The van der Waals surface area contributed by atoms with Crippen molar-refractivity contribution in [3.63, 3.8) is 0 Å². The lowest BCUT2D eigenvalue weighted by Gasteiger charge is -2.10. The van der Waals surface area contributed by atoms with E-state index in [1.165, 1.54) is 24.3 Å². The molecule has 0 radical (unpaired) electrons. The second-order valence-electron chi connectivity index (χ2n) is 3.10. The number of carboxylic acid groups (broad SMARTS) is 1. The molecular weight excluding hydrogens is 221 g/mol. The normalized spacial score (nSPS) is 11.9. The average molecular weight is 230 g/mol. The molecule has 0 unspecified atom stereocenters. The molecule has 0 fully saturated rings. The molecule has 16 heavy (non-hydrogen) atoms. The first-order valence-corrected chi connectivity index (χ1v) is 4.46. The summed E-state index contributed by atoms with van der Waals surface area (Å²) in [4.78, 5) is 10.2. The van der Waals surface area contributed by atoms with E-state index in [9.17, 15) is 18.0 Å². The van der Waals surface area contributed by atoms with E-state index in [0.717, 1.165) is 12.1 Å². The number of rotatable bonds is 3. The fourth-order valence-corrected chi connectivity index (χ4v) is 1.26. The van der Waals surface area contributed by atoms with Gasteiger partial charge in [0.2, 0.25) is 0 Å². The maximum atomic E-state index is 12.5. The van der Waals surface area contributed by atoms with Crippen LogP contribution in [0.25, 0.3) is 0 Å². The van der Waals surface area contributed by atoms with Crippen LogP contribution in [0.2, 0.25) is 0 Å². The number of aliphatic carboxylic acids is 1. The van der Waals surface area contributed by atoms with E-state index >= 15 is 0 Å². The fourth-order valence-electron chi connectivity index (χ4n) is 1.26. The molecule has 5 heteroatoms. The molecule has 1 N–H and O–H groups in total. The summed E-state index contributed by atoms with van der Waals surface area (Å²) in [6.45, 7) is 0. The van der Waals surface area contributed by atoms with Crippen LogP contribution < -0.4 is 0 Å². The van der Waals surface area contributed by atoms with Crippen LogP contribution >= 0.6 is 0 Å². The molecule has 0 aliphatic heterocycles. The molecule has 0 bridgehead atoms. The van der Waals surface area contributed by atoms with Crippen molar-refractivity contribution in [2.75, 3.05) is 0 Å². The van der Waals surface area contributed by atoms with E-state index < -0.39 is 17.7 Å². The molecule has 0 amide bonds. The van der Waals surface area contributed by atoms with Gasteiger partial charge in [-0.05, 0) is 18.1 Å². The number of alkyl halides is 3. The lowest BCUT2D eigenvalue weighted by molar-refractivity contribution is -0.138. The Bertz CT molecular complexity index is 408. The molecule has 0 saturated heterocycles. The van der Waals surface area contributed by atoms with Crippen molar-refractivity contribution >= 4 is 5.97 Å². The molecule has 0 aliphatic rings. The minimum absolute atomic E-state index is 0.0536. The summed E-state index contributed by atoms with van der Waals surface area (Å²) in [5.74, 6) is -1.18. The van der Waals surface area contributed by atoms with E-state index in [4.69, 9.17) is 5.11 Å². The molecule has 0 aromatic heterocycles. The van der Waals surface area contributed by atoms with E-state index in [1.807, 2.05) is 0 Å². The third kappa shape index (κ3) is 3.42. The minimum atomic E-state index is -4.41. The first kappa shape index (κ1) is 12.3. The molecule has 0 spiro atoms. The van der Waals surface area contributed by atoms with Gasteiger partial charge in [0, 0.05) is 6.08 Å². The molecule has 86 valence electrons. The van der Waals surface area contributed by atoms with Gasteiger partial charge in [0.25, 0.3) is 0 Å². The zero-order valence-corrected chi connectivity index (χ0v) is 8.16. The van der Waals surface area contributed by atoms with Gasteiger partial charge >= 0.3 is 12.1 Å². The van der Waals surface area contributed by atoms with Crippen LogP contribution in [0.5, 0.6) is 0 Å². The maximum absolute atomic E-state index is 12.5. The fraction of sp³-hybridized carbons (Fsp3) is 0.182. The number of hydrogen-bond acceptors (Lipinski definition) is 1. The van der Waals surface area contributed by atoms with Crippen molar-refractivity contribution in [1.82, 2.24) is 0 Å². The van der Waals surface area contributed by atoms with Gasteiger partial charge in [0.05, 0.1) is 5.56 Å². The number of carbonyl (C=O) groups is 1. The van der Waals surface area contributed by atoms with Crippen LogP contribution in [-0.4, -0.2) is 11.1 Å². The topological polar surface area (TPSA) is 37.3 Å². The monoisotopic (exact) mass is 230 g/mol. The molecule has 1 aromatic rings. The average Bonchev–Trinajstić information content (AvgIpc) is 2.16. The van der Waals surface area contributed by atoms with E-state index in [1.54, 1.807) is 0 Å². The molecule has 1 aromatic carbocycles. The largest absolute Gasteiger partial charge is 0.478 e. The maximum Gasteiger partial charge on any atom is 0.416 e. The highest BCUT2D eigenvalue weighted by Crippen LogP contribution is 2.32. The van der Waals surface area contributed by atoms with Gasteiger partial charge in [-0.1, -0.05) is 24.3 Å². The Morgan fingerprint density at radius 2 is 1.94 bits per heavy atom. The van der Waals surface area contributed by atoms with Crippen LogP contribution in [0, 0.1) is 0 Å². The standard InChI is InChI=1S/C11H9F3O2/c12-11(13,14)9-6-2-1-4-8(9)5-3-7-10(15)16/h1-4,6-7H,5H2,(H,15,16)/b7-3+. The lowest BCUT2D eigenvalue weighted by Crippen LogP contribution is -2.08. The summed E-state index contributed by atoms with van der Waals surface area (Å²) in [6, 6.07) is 5.09. The molecule has 1 rings (SSSR count). The molecule has 2 nitrogen and oxygen atoms in total. The van der Waals surface area contributed by atoms with Gasteiger partial charge < -0.3 is 5.11 Å². The third-order valence-electron chi connectivity index (χ3n) is 1.92. The molecule has 0 saturated carbocycles. The summed E-state index contributed by atoms with van der Waals surface area (Å²) in [6.07, 6.45) is -2.45. The van der Waals surface area contributed by atoms with Gasteiger partial charge in [-0.2, -0.15) is 13.2 Å². The molecular formula is C11H9F3O2. The Morgan fingerprint density at radius 1 is 1.31 bits per heavy atom. The Kier molecular flexibility index (Phi) is 3.71. The smallest absolute Gasteiger partial charge is 0.416 e. The van der Waals surface area contributed by atoms with E-state index in [-0.39, 0.29) is 12.0 Å². The van der Waals surface area contributed by atoms with Crippen molar-refractivity contribution < 1.29 is 23.1 Å². The first-order valence-electron chi connectivity index (χ1n) is 4.46. The molecule has 0 aliphatic carbocycles. The first-order chi connectivity index (χ1) is 7.41. The molecule has 0 heterocycles. The summed E-state index contributed by atoms with van der Waals surface area (Å²) in [5.41, 5.74) is -0.669. The summed E-state index contributed by atoms with van der Waals surface area (Å²) in [5, 5.41) is 8.31. The number of allylic oxidation sites excluding steroid dienone is 1. The van der Waals surface area contributed by atoms with Crippen molar-refractivity contribution in [3.05, 3.63) is 47.5 Å². The minimum Gasteiger partial charge on any atom is -0.478 e. The lowest BCUT2D eigenvalue weighted by atomic mass is 10.0. The number of halogens is 3. The predicted octanol–water partition coefficient (Wildman–Crippen LogP) is 2.89. The van der Waals surface area contributed by atoms with E-state index in [2.05, 4.69) is 0 Å². The highest BCUT2D eigenvalue weighted by atomic mass is 19.4. The van der Waals surface area contributed by atoms with Crippen LogP contribution in [0.1, 0.15) is 11.1 Å². The van der Waals surface area contributed by atoms with Gasteiger partial charge in [0.15, 0.2) is 0 Å².